The van der Waals surface area contributed by atoms with E-state index in [2.05, 4.69) is 16.8 Å². The highest BCUT2D eigenvalue weighted by atomic mass is 19.1. The number of nitrogens with zero attached hydrogens (tertiary/aromatic N) is 2. The Hall–Kier alpha value is -2.86. The van der Waals surface area contributed by atoms with Gasteiger partial charge in [-0.2, -0.15) is 0 Å². The van der Waals surface area contributed by atoms with Gasteiger partial charge in [-0.25, -0.2) is 9.37 Å². The molecule has 0 fully saturated rings. The maximum atomic E-state index is 13.1. The minimum absolute atomic E-state index is 0.0386. The zero-order chi connectivity index (χ0) is 18.6. The molecule has 0 radical (unpaired) electrons. The number of aromatic nitrogens is 1. The molecule has 5 nitrogen and oxygen atoms in total. The van der Waals surface area contributed by atoms with Crippen LogP contribution < -0.4 is 9.47 Å². The Balaban J connectivity index is 1.39. The topological polar surface area (TPSA) is 47.7 Å². The monoisotopic (exact) mass is 368 g/mol. The van der Waals surface area contributed by atoms with E-state index in [4.69, 9.17) is 13.9 Å². The third-order valence-electron chi connectivity index (χ3n) is 4.51. The van der Waals surface area contributed by atoms with Gasteiger partial charge in [0.15, 0.2) is 11.5 Å². The van der Waals surface area contributed by atoms with Gasteiger partial charge in [-0.1, -0.05) is 19.1 Å². The van der Waals surface area contributed by atoms with E-state index >= 15 is 0 Å². The van der Waals surface area contributed by atoms with Crippen LogP contribution in [0.2, 0.25) is 0 Å². The maximum Gasteiger partial charge on any atom is 0.226 e. The van der Waals surface area contributed by atoms with Gasteiger partial charge in [-0.3, -0.25) is 4.90 Å². The van der Waals surface area contributed by atoms with Crippen LogP contribution in [0.15, 0.2) is 59.2 Å². The van der Waals surface area contributed by atoms with Gasteiger partial charge >= 0.3 is 0 Å². The number of likely N-dealkylation sites (N-methyl/N-ethyl adjacent to an activating group) is 1. The van der Waals surface area contributed by atoms with Gasteiger partial charge in [0.2, 0.25) is 5.89 Å². The first-order valence-electron chi connectivity index (χ1n) is 9.02. The standard InChI is InChI=1S/C21H21FN2O3/c1-2-24(12-18-14-25-19-5-3-4-6-20(19)27-18)11-17-13-26-21(23-17)15-7-9-16(22)10-8-15/h3-10,13,18H,2,11-12,14H2,1H3. The van der Waals surface area contributed by atoms with Gasteiger partial charge in [-0.05, 0) is 42.9 Å². The Bertz CT molecular complexity index is 894. The molecule has 27 heavy (non-hydrogen) atoms. The molecule has 0 amide bonds. The summed E-state index contributed by atoms with van der Waals surface area (Å²) in [5, 5.41) is 0. The Morgan fingerprint density at radius 2 is 1.89 bits per heavy atom. The Labute approximate surface area is 157 Å². The molecule has 3 aromatic rings. The van der Waals surface area contributed by atoms with Crippen LogP contribution in [0.5, 0.6) is 11.5 Å². The Morgan fingerprint density at radius 3 is 2.67 bits per heavy atom. The van der Waals surface area contributed by atoms with Crippen LogP contribution in [0.4, 0.5) is 4.39 Å². The molecule has 0 bridgehead atoms. The first-order valence-corrected chi connectivity index (χ1v) is 9.02. The zero-order valence-electron chi connectivity index (χ0n) is 15.1. The van der Waals surface area contributed by atoms with Crippen LogP contribution in [0.25, 0.3) is 11.5 Å². The van der Waals surface area contributed by atoms with Crippen molar-refractivity contribution in [2.45, 2.75) is 19.6 Å². The molecular formula is C21H21FN2O3. The van der Waals surface area contributed by atoms with Gasteiger partial charge < -0.3 is 13.9 Å². The van der Waals surface area contributed by atoms with Gasteiger partial charge in [0.05, 0.1) is 5.69 Å². The fourth-order valence-corrected chi connectivity index (χ4v) is 3.08. The van der Waals surface area contributed by atoms with E-state index in [1.165, 1.54) is 12.1 Å². The molecule has 0 saturated heterocycles. The van der Waals surface area contributed by atoms with Gasteiger partial charge in [0.25, 0.3) is 0 Å². The molecule has 2 heterocycles. The molecule has 1 atom stereocenters. The maximum absolute atomic E-state index is 13.1. The molecule has 0 saturated carbocycles. The second kappa shape index (κ2) is 7.80. The minimum Gasteiger partial charge on any atom is -0.486 e. The lowest BCUT2D eigenvalue weighted by Crippen LogP contribution is -2.40. The molecule has 140 valence electrons. The summed E-state index contributed by atoms with van der Waals surface area (Å²) in [5.74, 6) is 1.79. The van der Waals surface area contributed by atoms with Crippen molar-refractivity contribution in [1.29, 1.82) is 0 Å². The molecule has 0 aliphatic carbocycles. The summed E-state index contributed by atoms with van der Waals surface area (Å²) in [5.41, 5.74) is 1.58. The Morgan fingerprint density at radius 1 is 1.11 bits per heavy atom. The predicted molar refractivity (Wildman–Crippen MR) is 99.2 cm³/mol. The number of fused-ring (bicyclic) bond motifs is 1. The van der Waals surface area contributed by atoms with Crippen molar-refractivity contribution in [2.24, 2.45) is 0 Å². The SMILES string of the molecule is CCN(Cc1coc(-c2ccc(F)cc2)n1)CC1COc2ccccc2O1. The van der Waals surface area contributed by atoms with Gasteiger partial charge in [0, 0.05) is 18.7 Å². The van der Waals surface area contributed by atoms with Crippen LogP contribution >= 0.6 is 0 Å². The number of para-hydroxylation sites is 2. The number of rotatable bonds is 6. The molecule has 1 aliphatic heterocycles. The average Bonchev–Trinajstić information content (AvgIpc) is 3.16. The first-order chi connectivity index (χ1) is 13.2. The second-order valence-corrected chi connectivity index (χ2v) is 6.48. The first kappa shape index (κ1) is 17.5. The third kappa shape index (κ3) is 4.11. The fourth-order valence-electron chi connectivity index (χ4n) is 3.08. The summed E-state index contributed by atoms with van der Waals surface area (Å²) in [4.78, 5) is 6.75. The summed E-state index contributed by atoms with van der Waals surface area (Å²) in [6, 6.07) is 13.8. The van der Waals surface area contributed by atoms with Crippen molar-refractivity contribution >= 4 is 0 Å². The zero-order valence-corrected chi connectivity index (χ0v) is 15.1. The predicted octanol–water partition coefficient (Wildman–Crippen LogP) is 4.14. The number of halogens is 1. The molecule has 1 aliphatic rings. The highest BCUT2D eigenvalue weighted by Gasteiger charge is 2.23. The third-order valence-corrected chi connectivity index (χ3v) is 4.51. The normalized spacial score (nSPS) is 15.9. The van der Waals surface area contributed by atoms with Crippen molar-refractivity contribution in [1.82, 2.24) is 9.88 Å². The van der Waals surface area contributed by atoms with Crippen molar-refractivity contribution < 1.29 is 18.3 Å². The van der Waals surface area contributed by atoms with Crippen molar-refractivity contribution in [3.63, 3.8) is 0 Å². The van der Waals surface area contributed by atoms with E-state index < -0.39 is 0 Å². The second-order valence-electron chi connectivity index (χ2n) is 6.48. The average molecular weight is 368 g/mol. The number of oxazole rings is 1. The summed E-state index contributed by atoms with van der Waals surface area (Å²) in [7, 11) is 0. The highest BCUT2D eigenvalue weighted by Crippen LogP contribution is 2.31. The number of hydrogen-bond donors (Lipinski definition) is 0. The van der Waals surface area contributed by atoms with E-state index in [0.717, 1.165) is 35.8 Å². The summed E-state index contributed by atoms with van der Waals surface area (Å²) in [6.07, 6.45) is 1.61. The van der Waals surface area contributed by atoms with Gasteiger partial charge in [-0.15, -0.1) is 0 Å². The van der Waals surface area contributed by atoms with E-state index in [1.807, 2.05) is 24.3 Å². The van der Waals surface area contributed by atoms with Crippen molar-refractivity contribution in [2.75, 3.05) is 19.7 Å². The lowest BCUT2D eigenvalue weighted by Gasteiger charge is -2.30. The quantitative estimate of drug-likeness (QED) is 0.654. The summed E-state index contributed by atoms with van der Waals surface area (Å²) in [6.45, 7) is 4.83. The largest absolute Gasteiger partial charge is 0.486 e. The minimum atomic E-state index is -0.279. The highest BCUT2D eigenvalue weighted by molar-refractivity contribution is 5.52. The summed E-state index contributed by atoms with van der Waals surface area (Å²) < 4.78 is 30.4. The Kier molecular flexibility index (Phi) is 5.07. The molecule has 4 rings (SSSR count). The molecule has 2 aromatic carbocycles. The van der Waals surface area contributed by atoms with Crippen LogP contribution in [0, 0.1) is 5.82 Å². The smallest absolute Gasteiger partial charge is 0.226 e. The van der Waals surface area contributed by atoms with E-state index in [0.29, 0.717) is 19.0 Å². The van der Waals surface area contributed by atoms with Crippen LogP contribution in [-0.4, -0.2) is 35.7 Å². The number of benzene rings is 2. The van der Waals surface area contributed by atoms with E-state index in [-0.39, 0.29) is 11.9 Å². The summed E-state index contributed by atoms with van der Waals surface area (Å²) >= 11 is 0. The van der Waals surface area contributed by atoms with Crippen LogP contribution in [-0.2, 0) is 6.54 Å². The van der Waals surface area contributed by atoms with E-state index in [9.17, 15) is 4.39 Å². The molecule has 1 aromatic heterocycles. The molecule has 0 N–H and O–H groups in total. The van der Waals surface area contributed by atoms with Gasteiger partial charge in [0.1, 0.15) is 24.8 Å². The van der Waals surface area contributed by atoms with Crippen molar-refractivity contribution in [3.8, 4) is 23.0 Å². The van der Waals surface area contributed by atoms with E-state index in [1.54, 1.807) is 18.4 Å². The molecule has 1 unspecified atom stereocenters. The number of ether oxygens (including phenoxy) is 2. The van der Waals surface area contributed by atoms with Crippen LogP contribution in [0.3, 0.4) is 0 Å². The lowest BCUT2D eigenvalue weighted by atomic mass is 10.2. The molecular weight excluding hydrogens is 347 g/mol. The lowest BCUT2D eigenvalue weighted by molar-refractivity contribution is 0.0577. The van der Waals surface area contributed by atoms with Crippen molar-refractivity contribution in [3.05, 3.63) is 66.3 Å². The molecule has 0 spiro atoms. The molecule has 6 heteroatoms. The van der Waals surface area contributed by atoms with Crippen LogP contribution in [0.1, 0.15) is 12.6 Å². The fraction of sp³-hybridized carbons (Fsp3) is 0.286. The number of hydrogen-bond acceptors (Lipinski definition) is 5.